The Hall–Kier alpha value is -1.94. The van der Waals surface area contributed by atoms with Gasteiger partial charge in [0.15, 0.2) is 8.07 Å². The van der Waals surface area contributed by atoms with Crippen LogP contribution in [-0.2, 0) is 9.47 Å². The number of hydrogen-bond acceptors (Lipinski definition) is 3. The average Bonchev–Trinajstić information content (AvgIpc) is 2.69. The largest absolute Gasteiger partial charge is 0.388 e. The van der Waals surface area contributed by atoms with E-state index < -0.39 is 14.2 Å². The number of benzene rings is 2. The van der Waals surface area contributed by atoms with E-state index in [0.717, 1.165) is 10.8 Å². The van der Waals surface area contributed by atoms with Gasteiger partial charge < -0.3 is 14.6 Å². The van der Waals surface area contributed by atoms with Crippen molar-refractivity contribution >= 4 is 18.4 Å². The Labute approximate surface area is 176 Å². The molecule has 1 unspecified atom stereocenters. The zero-order valence-corrected chi connectivity index (χ0v) is 19.5. The van der Waals surface area contributed by atoms with Gasteiger partial charge >= 0.3 is 0 Å². The van der Waals surface area contributed by atoms with Gasteiger partial charge in [0.2, 0.25) is 0 Å². The molecule has 29 heavy (non-hydrogen) atoms. The average molecular weight is 411 g/mol. The smallest absolute Gasteiger partial charge is 0.160 e. The number of aliphatic hydroxyl groups excluding tert-OH is 1. The van der Waals surface area contributed by atoms with Crippen LogP contribution in [0.1, 0.15) is 34.6 Å². The van der Waals surface area contributed by atoms with Gasteiger partial charge in [-0.15, -0.1) is 5.73 Å². The van der Waals surface area contributed by atoms with Crippen LogP contribution in [0.4, 0.5) is 0 Å². The second kappa shape index (κ2) is 10.2. The van der Waals surface area contributed by atoms with Gasteiger partial charge in [-0.05, 0) is 40.0 Å². The van der Waals surface area contributed by atoms with E-state index in [2.05, 4.69) is 87.2 Å². The van der Waals surface area contributed by atoms with Gasteiger partial charge in [0.1, 0.15) is 6.79 Å². The molecule has 0 amide bonds. The Morgan fingerprint density at radius 2 is 1.48 bits per heavy atom. The monoisotopic (exact) mass is 410 g/mol. The molecule has 4 heteroatoms. The maximum atomic E-state index is 10.2. The lowest BCUT2D eigenvalue weighted by Gasteiger charge is -2.45. The summed E-state index contributed by atoms with van der Waals surface area (Å²) in [5, 5.41) is 13.8. The first-order chi connectivity index (χ1) is 13.7. The highest BCUT2D eigenvalue weighted by Gasteiger charge is 2.50. The van der Waals surface area contributed by atoms with Crippen molar-refractivity contribution in [1.29, 1.82) is 0 Å². The van der Waals surface area contributed by atoms with Crippen LogP contribution in [-0.4, -0.2) is 39.8 Å². The highest BCUT2D eigenvalue weighted by atomic mass is 28.3. The summed E-state index contributed by atoms with van der Waals surface area (Å²) >= 11 is 0. The minimum Gasteiger partial charge on any atom is -0.388 e. The molecule has 3 nitrogen and oxygen atoms in total. The third kappa shape index (κ3) is 5.16. The zero-order chi connectivity index (χ0) is 21.5. The summed E-state index contributed by atoms with van der Waals surface area (Å²) in [6, 6.07) is 21.4. The standard InChI is InChI=1S/C25H34O3Si/c1-20(21(2)26)17-24(18-28-19-27-6)29(25(3,4)5,22-13-9-7-10-14-22)23-15-11-8-12-16-23/h7-16,21,26H,18-19H2,1-6H3. The van der Waals surface area contributed by atoms with Gasteiger partial charge in [0.25, 0.3) is 0 Å². The van der Waals surface area contributed by atoms with Crippen LogP contribution in [0, 0.1) is 0 Å². The van der Waals surface area contributed by atoms with E-state index in [1.807, 2.05) is 6.92 Å². The summed E-state index contributed by atoms with van der Waals surface area (Å²) in [5.41, 5.74) is 4.40. The molecule has 0 saturated carbocycles. The normalized spacial score (nSPS) is 12.9. The van der Waals surface area contributed by atoms with Crippen LogP contribution in [0.25, 0.3) is 0 Å². The minimum atomic E-state index is -2.54. The number of aliphatic hydroxyl groups is 1. The molecule has 0 radical (unpaired) electrons. The van der Waals surface area contributed by atoms with Gasteiger partial charge in [0, 0.05) is 7.11 Å². The van der Waals surface area contributed by atoms with E-state index in [-0.39, 0.29) is 11.8 Å². The highest BCUT2D eigenvalue weighted by molar-refractivity contribution is 7.09. The van der Waals surface area contributed by atoms with Crippen LogP contribution in [0.2, 0.25) is 5.04 Å². The van der Waals surface area contributed by atoms with Crippen molar-refractivity contribution in [2.75, 3.05) is 20.5 Å². The second-order valence-corrected chi connectivity index (χ2v) is 13.2. The third-order valence-electron chi connectivity index (χ3n) is 5.41. The van der Waals surface area contributed by atoms with Crippen molar-refractivity contribution in [3.05, 3.63) is 77.2 Å². The van der Waals surface area contributed by atoms with Gasteiger partial charge in [0.05, 0.1) is 12.7 Å². The van der Waals surface area contributed by atoms with Crippen molar-refractivity contribution < 1.29 is 14.6 Å². The summed E-state index contributed by atoms with van der Waals surface area (Å²) in [6.07, 6.45) is -0.564. The summed E-state index contributed by atoms with van der Waals surface area (Å²) in [6.45, 7) is 11.2. The quantitative estimate of drug-likeness (QED) is 0.309. The summed E-state index contributed by atoms with van der Waals surface area (Å²) in [4.78, 5) is 0. The number of methoxy groups -OCH3 is 1. The second-order valence-electron chi connectivity index (χ2n) is 8.45. The van der Waals surface area contributed by atoms with Crippen LogP contribution in [0.5, 0.6) is 0 Å². The molecule has 0 saturated heterocycles. The molecule has 1 atom stereocenters. The molecular weight excluding hydrogens is 376 g/mol. The molecule has 1 N–H and O–H groups in total. The molecule has 0 aliphatic heterocycles. The van der Waals surface area contributed by atoms with Crippen molar-refractivity contribution in [1.82, 2.24) is 0 Å². The summed E-state index contributed by atoms with van der Waals surface area (Å²) in [5.74, 6) is 0. The third-order valence-corrected chi connectivity index (χ3v) is 11.2. The van der Waals surface area contributed by atoms with Gasteiger partial charge in [-0.2, -0.15) is 0 Å². The van der Waals surface area contributed by atoms with E-state index in [1.165, 1.54) is 10.4 Å². The first kappa shape index (κ1) is 23.3. The topological polar surface area (TPSA) is 38.7 Å². The van der Waals surface area contributed by atoms with Crippen LogP contribution >= 0.6 is 0 Å². The van der Waals surface area contributed by atoms with Crippen LogP contribution < -0.4 is 10.4 Å². The van der Waals surface area contributed by atoms with Gasteiger partial charge in [-0.1, -0.05) is 81.4 Å². The summed E-state index contributed by atoms with van der Waals surface area (Å²) < 4.78 is 11.0. The lowest BCUT2D eigenvalue weighted by Crippen LogP contribution is -2.66. The fourth-order valence-corrected chi connectivity index (χ4v) is 9.77. The Balaban J connectivity index is 2.94. The number of rotatable bonds is 8. The van der Waals surface area contributed by atoms with E-state index >= 15 is 0 Å². The highest BCUT2D eigenvalue weighted by Crippen LogP contribution is 2.40. The zero-order valence-electron chi connectivity index (χ0n) is 18.5. The van der Waals surface area contributed by atoms with Gasteiger partial charge in [-0.25, -0.2) is 0 Å². The van der Waals surface area contributed by atoms with E-state index in [4.69, 9.17) is 9.47 Å². The molecule has 2 aromatic rings. The van der Waals surface area contributed by atoms with Gasteiger partial charge in [-0.3, -0.25) is 0 Å². The predicted molar refractivity (Wildman–Crippen MR) is 123 cm³/mol. The Kier molecular flexibility index (Phi) is 8.20. The van der Waals surface area contributed by atoms with Crippen molar-refractivity contribution in [3.63, 3.8) is 0 Å². The molecule has 0 bridgehead atoms. The SMILES string of the molecule is COCOCC(=C=C(C)C(C)O)[Si](c1ccccc1)(c1ccccc1)C(C)(C)C. The molecule has 0 spiro atoms. The van der Waals surface area contributed by atoms with Crippen LogP contribution in [0.15, 0.2) is 77.2 Å². The van der Waals surface area contributed by atoms with Crippen molar-refractivity contribution in [2.24, 2.45) is 0 Å². The Bertz CT molecular complexity index is 790. The number of ether oxygens (including phenoxy) is 2. The first-order valence-electron chi connectivity index (χ1n) is 10.1. The fraction of sp³-hybridized carbons (Fsp3) is 0.400. The maximum Gasteiger partial charge on any atom is 0.160 e. The summed E-state index contributed by atoms with van der Waals surface area (Å²) in [7, 11) is -0.916. The molecular formula is C25H34O3Si. The van der Waals surface area contributed by atoms with Crippen LogP contribution in [0.3, 0.4) is 0 Å². The molecule has 0 aliphatic rings. The maximum absolute atomic E-state index is 10.2. The van der Waals surface area contributed by atoms with Crippen molar-refractivity contribution in [3.8, 4) is 0 Å². The molecule has 0 aliphatic carbocycles. The molecule has 2 rings (SSSR count). The van der Waals surface area contributed by atoms with E-state index in [0.29, 0.717) is 6.61 Å². The first-order valence-corrected chi connectivity index (χ1v) is 12.1. The molecule has 0 heterocycles. The lowest BCUT2D eigenvalue weighted by molar-refractivity contribution is -0.0198. The molecule has 2 aromatic carbocycles. The predicted octanol–water partition coefficient (Wildman–Crippen LogP) is 4.06. The van der Waals surface area contributed by atoms with Crippen molar-refractivity contribution in [2.45, 2.75) is 45.8 Å². The Morgan fingerprint density at radius 3 is 1.86 bits per heavy atom. The number of hydrogen-bond donors (Lipinski definition) is 1. The fourth-order valence-electron chi connectivity index (χ4n) is 4.02. The van der Waals surface area contributed by atoms with E-state index in [9.17, 15) is 5.11 Å². The Morgan fingerprint density at radius 1 is 1.00 bits per heavy atom. The molecule has 0 aromatic heterocycles. The molecule has 156 valence electrons. The molecule has 0 fully saturated rings. The lowest BCUT2D eigenvalue weighted by atomic mass is 10.2. The minimum absolute atomic E-state index is 0.0621. The van der Waals surface area contributed by atoms with E-state index in [1.54, 1.807) is 14.0 Å².